The highest BCUT2D eigenvalue weighted by Crippen LogP contribution is 2.83. The zero-order valence-electron chi connectivity index (χ0n) is 17.3. The number of hydrogen-bond donors (Lipinski definition) is 2. The van der Waals surface area contributed by atoms with Crippen LogP contribution in [-0.4, -0.2) is 58.4 Å². The Morgan fingerprint density at radius 3 is 2.76 bits per heavy atom. The maximum absolute atomic E-state index is 12.2. The summed E-state index contributed by atoms with van der Waals surface area (Å²) in [7, 11) is 0. The monoisotopic (exact) mass is 402 g/mol. The smallest absolute Gasteiger partial charge is 0.337 e. The van der Waals surface area contributed by atoms with Crippen molar-refractivity contribution in [3.63, 3.8) is 0 Å². The Labute approximate surface area is 170 Å². The quantitative estimate of drug-likeness (QED) is 0.513. The van der Waals surface area contributed by atoms with Crippen molar-refractivity contribution in [2.75, 3.05) is 6.61 Å². The standard InChI is InChI=1S/C23H30O6/c1-10(2)21-6-4-5-12(21)17-23(29-17)20(3)8-14(24)16-11(9-27-18(16)25)13(20)7-15-22(23,28-15)19(21)26/h10,12-15,17,19,24,26H,4-9H2,1-3H3/t12-,13?,14-,15-,17-,19+,20-,21+,22+,23+/m0/s1. The highest BCUT2D eigenvalue weighted by atomic mass is 16.7. The van der Waals surface area contributed by atoms with Crippen molar-refractivity contribution < 1.29 is 29.2 Å². The molecule has 6 heteroatoms. The molecule has 158 valence electrons. The fourth-order valence-corrected chi connectivity index (χ4v) is 9.36. The summed E-state index contributed by atoms with van der Waals surface area (Å²) in [6, 6.07) is 0. The lowest BCUT2D eigenvalue weighted by Gasteiger charge is -2.58. The summed E-state index contributed by atoms with van der Waals surface area (Å²) in [6.45, 7) is 6.95. The van der Waals surface area contributed by atoms with Gasteiger partial charge in [0.15, 0.2) is 5.60 Å². The van der Waals surface area contributed by atoms with Crippen LogP contribution in [-0.2, 0) is 19.0 Å². The fourth-order valence-electron chi connectivity index (χ4n) is 9.36. The number of epoxide rings is 2. The van der Waals surface area contributed by atoms with Crippen molar-refractivity contribution in [3.8, 4) is 0 Å². The second-order valence-electron chi connectivity index (χ2n) is 11.3. The molecule has 0 amide bonds. The molecule has 0 aromatic heterocycles. The maximum Gasteiger partial charge on any atom is 0.337 e. The first-order valence-electron chi connectivity index (χ1n) is 11.4. The summed E-state index contributed by atoms with van der Waals surface area (Å²) in [5, 5.41) is 22.9. The number of carbonyl (C=O) groups excluding carboxylic acids is 1. The van der Waals surface area contributed by atoms with Gasteiger partial charge in [-0.3, -0.25) is 0 Å². The lowest BCUT2D eigenvalue weighted by atomic mass is 9.42. The zero-order chi connectivity index (χ0) is 20.1. The maximum atomic E-state index is 12.2. The van der Waals surface area contributed by atoms with Crippen LogP contribution < -0.4 is 0 Å². The molecule has 5 fully saturated rings. The van der Waals surface area contributed by atoms with Crippen LogP contribution in [0.25, 0.3) is 0 Å². The number of ether oxygens (including phenoxy) is 3. The van der Waals surface area contributed by atoms with Crippen molar-refractivity contribution in [1.82, 2.24) is 0 Å². The van der Waals surface area contributed by atoms with Crippen molar-refractivity contribution in [2.24, 2.45) is 28.6 Å². The SMILES string of the molecule is CC(C)[C@]12CCC[C@H]1[C@@H]1O[C@]13[C@]1(O[C@H]1CC1C4=C(C(=O)OC4)[C@@H](O)C[C@@]13C)[C@@H]2O. The Hall–Kier alpha value is -0.950. The molecule has 2 N–H and O–H groups in total. The predicted molar refractivity (Wildman–Crippen MR) is 101 cm³/mol. The van der Waals surface area contributed by atoms with Crippen LogP contribution in [0.3, 0.4) is 0 Å². The summed E-state index contributed by atoms with van der Waals surface area (Å²) >= 11 is 0. The summed E-state index contributed by atoms with van der Waals surface area (Å²) in [6.07, 6.45) is 3.13. The minimum absolute atomic E-state index is 0.0440. The molecule has 0 bridgehead atoms. The van der Waals surface area contributed by atoms with Crippen molar-refractivity contribution >= 4 is 5.97 Å². The number of rotatable bonds is 1. The van der Waals surface area contributed by atoms with Crippen LogP contribution in [0, 0.1) is 28.6 Å². The van der Waals surface area contributed by atoms with Gasteiger partial charge in [-0.15, -0.1) is 0 Å². The number of esters is 1. The lowest BCUT2D eigenvalue weighted by Crippen LogP contribution is -2.71. The molecule has 0 aromatic carbocycles. The Bertz CT molecular complexity index is 881. The summed E-state index contributed by atoms with van der Waals surface area (Å²) in [5.74, 6) is 0.423. The molecule has 3 saturated carbocycles. The van der Waals surface area contributed by atoms with E-state index in [9.17, 15) is 15.0 Å². The second-order valence-corrected chi connectivity index (χ2v) is 11.3. The molecule has 7 aliphatic rings. The number of cyclic esters (lactones) is 1. The predicted octanol–water partition coefficient (Wildman–Crippen LogP) is 1.72. The molecule has 0 radical (unpaired) electrons. The van der Waals surface area contributed by atoms with E-state index >= 15 is 0 Å². The van der Waals surface area contributed by atoms with E-state index in [2.05, 4.69) is 20.8 Å². The third-order valence-corrected chi connectivity index (χ3v) is 10.5. The lowest BCUT2D eigenvalue weighted by molar-refractivity contribution is -0.154. The number of hydrogen-bond acceptors (Lipinski definition) is 6. The summed E-state index contributed by atoms with van der Waals surface area (Å²) < 4.78 is 18.5. The Kier molecular flexibility index (Phi) is 2.91. The van der Waals surface area contributed by atoms with Gasteiger partial charge in [-0.25, -0.2) is 4.79 Å². The number of aliphatic hydroxyl groups excluding tert-OH is 2. The minimum Gasteiger partial charge on any atom is -0.458 e. The first kappa shape index (κ1) is 17.7. The normalized spacial score (nSPS) is 61.2. The number of aliphatic hydroxyl groups is 2. The fraction of sp³-hybridized carbons (Fsp3) is 0.870. The average Bonchev–Trinajstić information content (AvgIpc) is 3.48. The highest BCUT2D eigenvalue weighted by molar-refractivity contribution is 5.93. The molecule has 4 aliphatic carbocycles. The van der Waals surface area contributed by atoms with E-state index in [-0.39, 0.29) is 41.5 Å². The molecule has 29 heavy (non-hydrogen) atoms. The molecule has 10 atom stereocenters. The van der Waals surface area contributed by atoms with E-state index in [0.717, 1.165) is 31.3 Å². The molecule has 2 spiro atoms. The van der Waals surface area contributed by atoms with Gasteiger partial charge in [-0.1, -0.05) is 27.2 Å². The third-order valence-electron chi connectivity index (χ3n) is 10.5. The van der Waals surface area contributed by atoms with Gasteiger partial charge in [-0.2, -0.15) is 0 Å². The van der Waals surface area contributed by atoms with Gasteiger partial charge in [0, 0.05) is 10.8 Å². The van der Waals surface area contributed by atoms with Crippen LogP contribution in [0.4, 0.5) is 0 Å². The van der Waals surface area contributed by atoms with Crippen LogP contribution in [0.2, 0.25) is 0 Å². The van der Waals surface area contributed by atoms with E-state index in [1.165, 1.54) is 0 Å². The number of carbonyl (C=O) groups is 1. The van der Waals surface area contributed by atoms with Gasteiger partial charge in [0.1, 0.15) is 12.2 Å². The first-order valence-corrected chi connectivity index (χ1v) is 11.4. The first-order chi connectivity index (χ1) is 13.8. The molecular weight excluding hydrogens is 372 g/mol. The second kappa shape index (κ2) is 4.77. The van der Waals surface area contributed by atoms with Gasteiger partial charge < -0.3 is 24.4 Å². The average molecular weight is 402 g/mol. The molecule has 7 rings (SSSR count). The van der Waals surface area contributed by atoms with Crippen molar-refractivity contribution in [1.29, 1.82) is 0 Å². The van der Waals surface area contributed by atoms with Crippen LogP contribution >= 0.6 is 0 Å². The van der Waals surface area contributed by atoms with Crippen LogP contribution in [0.5, 0.6) is 0 Å². The van der Waals surface area contributed by atoms with E-state index in [0.29, 0.717) is 23.8 Å². The third kappa shape index (κ3) is 1.51. The molecule has 1 unspecified atom stereocenters. The van der Waals surface area contributed by atoms with Gasteiger partial charge in [0.2, 0.25) is 0 Å². The molecule has 3 aliphatic heterocycles. The van der Waals surface area contributed by atoms with E-state index < -0.39 is 23.4 Å². The van der Waals surface area contributed by atoms with Gasteiger partial charge in [0.25, 0.3) is 0 Å². The summed E-state index contributed by atoms with van der Waals surface area (Å²) in [5.41, 5.74) is -0.314. The molecule has 2 saturated heterocycles. The van der Waals surface area contributed by atoms with E-state index in [4.69, 9.17) is 14.2 Å². The molecule has 3 heterocycles. The topological polar surface area (TPSA) is 91.8 Å². The number of fused-ring (bicyclic) bond motifs is 4. The highest BCUT2D eigenvalue weighted by Gasteiger charge is 2.96. The van der Waals surface area contributed by atoms with Gasteiger partial charge >= 0.3 is 5.97 Å². The van der Waals surface area contributed by atoms with Crippen LogP contribution in [0.1, 0.15) is 52.9 Å². The minimum atomic E-state index is -0.828. The van der Waals surface area contributed by atoms with Gasteiger partial charge in [-0.05, 0) is 49.0 Å². The molecule has 0 aromatic rings. The Balaban J connectivity index is 1.41. The van der Waals surface area contributed by atoms with Crippen LogP contribution in [0.15, 0.2) is 11.1 Å². The Morgan fingerprint density at radius 1 is 1.21 bits per heavy atom. The molecule has 6 nitrogen and oxygen atoms in total. The largest absolute Gasteiger partial charge is 0.458 e. The van der Waals surface area contributed by atoms with Gasteiger partial charge in [0.05, 0.1) is 30.0 Å². The summed E-state index contributed by atoms with van der Waals surface area (Å²) in [4.78, 5) is 12.2. The van der Waals surface area contributed by atoms with Crippen molar-refractivity contribution in [3.05, 3.63) is 11.1 Å². The van der Waals surface area contributed by atoms with Crippen molar-refractivity contribution in [2.45, 2.75) is 88.5 Å². The van der Waals surface area contributed by atoms with E-state index in [1.807, 2.05) is 0 Å². The zero-order valence-corrected chi connectivity index (χ0v) is 17.3. The van der Waals surface area contributed by atoms with E-state index in [1.54, 1.807) is 0 Å². The molecular formula is C23H30O6. The Morgan fingerprint density at radius 2 is 2.00 bits per heavy atom.